The Morgan fingerprint density at radius 1 is 1.02 bits per heavy atom. The van der Waals surface area contributed by atoms with Gasteiger partial charge in [0.25, 0.3) is 0 Å². The molecule has 7 unspecified atom stereocenters. The third-order valence-corrected chi connectivity index (χ3v) is 11.0. The van der Waals surface area contributed by atoms with E-state index >= 15 is 0 Å². The van der Waals surface area contributed by atoms with E-state index in [-0.39, 0.29) is 65.1 Å². The smallest absolute Gasteiger partial charge is 0.245 e. The van der Waals surface area contributed by atoms with Crippen molar-refractivity contribution >= 4 is 35.4 Å². The number of ether oxygens (including phenoxy) is 1. The Morgan fingerprint density at radius 2 is 1.67 bits per heavy atom. The second-order valence-electron chi connectivity index (χ2n) is 13.9. The number of hydrogen-bond donors (Lipinski definition) is 3. The Kier molecular flexibility index (Phi) is 18.0. The molecule has 0 saturated carbocycles. The molecule has 1 heterocycles. The maximum absolute atomic E-state index is 14.1. The van der Waals surface area contributed by atoms with Gasteiger partial charge in [-0.3, -0.25) is 19.2 Å². The van der Waals surface area contributed by atoms with E-state index in [2.05, 4.69) is 41.9 Å². The van der Waals surface area contributed by atoms with Gasteiger partial charge < -0.3 is 30.5 Å². The van der Waals surface area contributed by atoms with Gasteiger partial charge in [0.05, 0.1) is 24.6 Å². The quantitative estimate of drug-likeness (QED) is 0.189. The average Bonchev–Trinajstić information content (AvgIpc) is 3.55. The zero-order valence-corrected chi connectivity index (χ0v) is 31.9. The summed E-state index contributed by atoms with van der Waals surface area (Å²) in [6, 6.07) is 8.52. The van der Waals surface area contributed by atoms with Crippen LogP contribution in [0.3, 0.4) is 0 Å². The van der Waals surface area contributed by atoms with Crippen molar-refractivity contribution in [2.24, 2.45) is 17.8 Å². The van der Waals surface area contributed by atoms with Crippen LogP contribution < -0.4 is 16.0 Å². The number of methoxy groups -OCH3 is 1. The molecule has 2 rings (SSSR count). The van der Waals surface area contributed by atoms with E-state index in [4.69, 9.17) is 4.74 Å². The molecule has 1 saturated heterocycles. The first kappa shape index (κ1) is 41.5. The number of thioether (sulfide) groups is 1. The molecule has 48 heavy (non-hydrogen) atoms. The first-order valence-corrected chi connectivity index (χ1v) is 19.0. The molecule has 4 amide bonds. The van der Waals surface area contributed by atoms with Crippen LogP contribution >= 0.6 is 11.8 Å². The molecule has 3 N–H and O–H groups in total. The molecule has 0 radical (unpaired) electrons. The first-order chi connectivity index (χ1) is 22.8. The summed E-state index contributed by atoms with van der Waals surface area (Å²) in [6.07, 6.45) is 5.22. The maximum Gasteiger partial charge on any atom is 0.245 e. The normalized spacial score (nSPS) is 18.6. The number of amides is 4. The van der Waals surface area contributed by atoms with Crippen LogP contribution in [0.1, 0.15) is 79.2 Å². The summed E-state index contributed by atoms with van der Waals surface area (Å²) < 4.78 is 6.00. The van der Waals surface area contributed by atoms with E-state index < -0.39 is 18.2 Å². The van der Waals surface area contributed by atoms with Gasteiger partial charge in [-0.15, -0.1) is 0 Å². The summed E-state index contributed by atoms with van der Waals surface area (Å²) >= 11 is 1.63. The predicted molar refractivity (Wildman–Crippen MR) is 196 cm³/mol. The minimum atomic E-state index is -0.721. The summed E-state index contributed by atoms with van der Waals surface area (Å²) in [5.41, 5.74) is 1.18. The van der Waals surface area contributed by atoms with Gasteiger partial charge in [0.15, 0.2) is 0 Å². The van der Waals surface area contributed by atoms with E-state index in [1.54, 1.807) is 37.9 Å². The lowest BCUT2D eigenvalue weighted by atomic mass is 9.89. The van der Waals surface area contributed by atoms with Gasteiger partial charge in [-0.2, -0.15) is 11.8 Å². The Balaban J connectivity index is 2.15. The topological polar surface area (TPSA) is 120 Å². The monoisotopic (exact) mass is 689 g/mol. The molecule has 0 aromatic heterocycles. The number of hydrogen-bond acceptors (Lipinski definition) is 7. The fourth-order valence-electron chi connectivity index (χ4n) is 6.87. The Bertz CT molecular complexity index is 1150. The van der Waals surface area contributed by atoms with Crippen LogP contribution in [0, 0.1) is 17.8 Å². The molecule has 272 valence electrons. The lowest BCUT2D eigenvalue weighted by molar-refractivity contribution is -0.146. The SMILES string of the molecule is CCC(C)C(C(CC(=O)N1CCCC1C(CC(=O)NCCc1ccccc1)SC)OC)N(C)C(=O)C(NC(=O)C(NC)C(C)C)C(C)C. The predicted octanol–water partition coefficient (Wildman–Crippen LogP) is 4.12. The van der Waals surface area contributed by atoms with Crippen LogP contribution in [0.25, 0.3) is 0 Å². The molecule has 1 aromatic carbocycles. The van der Waals surface area contributed by atoms with Gasteiger partial charge in [0.2, 0.25) is 23.6 Å². The summed E-state index contributed by atoms with van der Waals surface area (Å²) in [7, 11) is 5.10. The molecule has 1 aliphatic rings. The largest absolute Gasteiger partial charge is 0.379 e. The maximum atomic E-state index is 14.1. The van der Waals surface area contributed by atoms with Crippen molar-refractivity contribution in [2.75, 3.05) is 40.6 Å². The second-order valence-corrected chi connectivity index (χ2v) is 15.0. The molecule has 7 atom stereocenters. The van der Waals surface area contributed by atoms with Crippen molar-refractivity contribution < 1.29 is 23.9 Å². The van der Waals surface area contributed by atoms with E-state index in [0.717, 1.165) is 25.7 Å². The zero-order chi connectivity index (χ0) is 36.0. The van der Waals surface area contributed by atoms with Crippen LogP contribution in [-0.4, -0.2) is 110 Å². The van der Waals surface area contributed by atoms with E-state index in [1.807, 2.05) is 57.0 Å². The number of nitrogens with zero attached hydrogens (tertiary/aromatic N) is 2. The first-order valence-electron chi connectivity index (χ1n) is 17.7. The average molecular weight is 690 g/mol. The number of likely N-dealkylation sites (N-methyl/N-ethyl adjacent to an activating group) is 2. The minimum Gasteiger partial charge on any atom is -0.379 e. The van der Waals surface area contributed by atoms with E-state index in [9.17, 15) is 19.2 Å². The zero-order valence-electron chi connectivity index (χ0n) is 31.1. The van der Waals surface area contributed by atoms with Crippen LogP contribution in [-0.2, 0) is 30.3 Å². The Labute approximate surface area is 294 Å². The summed E-state index contributed by atoms with van der Waals surface area (Å²) in [5.74, 6) is -0.480. The number of benzene rings is 1. The number of likely N-dealkylation sites (tertiary alicyclic amines) is 1. The third kappa shape index (κ3) is 11.8. The highest BCUT2D eigenvalue weighted by atomic mass is 32.2. The summed E-state index contributed by atoms with van der Waals surface area (Å²) in [6.45, 7) is 13.1. The molecule has 1 aliphatic heterocycles. The highest BCUT2D eigenvalue weighted by Gasteiger charge is 2.41. The Morgan fingerprint density at radius 3 is 2.21 bits per heavy atom. The lowest BCUT2D eigenvalue weighted by Crippen LogP contribution is -2.59. The van der Waals surface area contributed by atoms with Crippen molar-refractivity contribution in [3.8, 4) is 0 Å². The molecular formula is C37H63N5O5S. The van der Waals surface area contributed by atoms with Crippen LogP contribution in [0.2, 0.25) is 0 Å². The highest BCUT2D eigenvalue weighted by Crippen LogP contribution is 2.31. The van der Waals surface area contributed by atoms with Crippen LogP contribution in [0.15, 0.2) is 30.3 Å². The summed E-state index contributed by atoms with van der Waals surface area (Å²) in [5, 5.41) is 9.10. The van der Waals surface area contributed by atoms with Gasteiger partial charge in [0, 0.05) is 45.0 Å². The van der Waals surface area contributed by atoms with Crippen molar-refractivity contribution in [3.05, 3.63) is 35.9 Å². The number of carbonyl (C=O) groups is 4. The Hall–Kier alpha value is -2.63. The van der Waals surface area contributed by atoms with Gasteiger partial charge in [-0.25, -0.2) is 0 Å². The van der Waals surface area contributed by atoms with Gasteiger partial charge >= 0.3 is 0 Å². The molecule has 1 aromatic rings. The molecule has 1 fully saturated rings. The molecule has 0 spiro atoms. The van der Waals surface area contributed by atoms with Crippen molar-refractivity contribution in [1.82, 2.24) is 25.8 Å². The molecule has 10 nitrogen and oxygen atoms in total. The number of nitrogens with one attached hydrogen (secondary N) is 3. The second kappa shape index (κ2) is 20.8. The van der Waals surface area contributed by atoms with Gasteiger partial charge in [0.1, 0.15) is 6.04 Å². The fourth-order valence-corrected chi connectivity index (χ4v) is 7.79. The molecule has 0 aliphatic carbocycles. The molecular weight excluding hydrogens is 627 g/mol. The van der Waals surface area contributed by atoms with Crippen LogP contribution in [0.4, 0.5) is 0 Å². The highest BCUT2D eigenvalue weighted by molar-refractivity contribution is 7.99. The van der Waals surface area contributed by atoms with E-state index in [1.165, 1.54) is 5.56 Å². The van der Waals surface area contributed by atoms with Crippen molar-refractivity contribution in [2.45, 2.75) is 116 Å². The van der Waals surface area contributed by atoms with Gasteiger partial charge in [-0.05, 0) is 55.9 Å². The van der Waals surface area contributed by atoms with Crippen LogP contribution in [0.5, 0.6) is 0 Å². The fraction of sp³-hybridized carbons (Fsp3) is 0.730. The lowest BCUT2D eigenvalue weighted by Gasteiger charge is -2.40. The molecule has 11 heteroatoms. The standard InChI is InChI=1S/C37H63N5O5S/c1-11-26(6)35(41(8)37(46)34(25(4)5)40-36(45)33(38-7)24(2)3)29(47-9)22-32(44)42-21-15-18-28(42)30(48-10)23-31(43)39-20-19-27-16-13-12-14-17-27/h12-14,16-17,24-26,28-30,33-35,38H,11,15,18-23H2,1-10H3,(H,39,43)(H,40,45). The van der Waals surface area contributed by atoms with Crippen molar-refractivity contribution in [1.29, 1.82) is 0 Å². The van der Waals surface area contributed by atoms with Crippen molar-refractivity contribution in [3.63, 3.8) is 0 Å². The van der Waals surface area contributed by atoms with Gasteiger partial charge in [-0.1, -0.05) is 78.3 Å². The van der Waals surface area contributed by atoms with E-state index in [0.29, 0.717) is 19.5 Å². The number of carbonyl (C=O) groups excluding carboxylic acids is 4. The third-order valence-electron chi connectivity index (χ3n) is 9.89. The molecule has 0 bridgehead atoms. The minimum absolute atomic E-state index is 0.00227. The summed E-state index contributed by atoms with van der Waals surface area (Å²) in [4.78, 5) is 57.8. The number of rotatable bonds is 20.